The van der Waals surface area contributed by atoms with Crippen molar-refractivity contribution in [3.05, 3.63) is 16.8 Å². The van der Waals surface area contributed by atoms with Gasteiger partial charge in [-0.2, -0.15) is 13.2 Å². The van der Waals surface area contributed by atoms with Gasteiger partial charge in [-0.25, -0.2) is 9.97 Å². The predicted octanol–water partition coefficient (Wildman–Crippen LogP) is 3.54. The Balaban J connectivity index is 2.34. The van der Waals surface area contributed by atoms with Gasteiger partial charge in [-0.05, 0) is 13.0 Å². The molecule has 0 saturated heterocycles. The molecule has 0 saturated carbocycles. The van der Waals surface area contributed by atoms with Gasteiger partial charge in [0.15, 0.2) is 0 Å². The highest BCUT2D eigenvalue weighted by molar-refractivity contribution is 7.18. The Morgan fingerprint density at radius 2 is 2.06 bits per heavy atom. The van der Waals surface area contributed by atoms with E-state index in [1.807, 2.05) is 13.0 Å². The Morgan fingerprint density at radius 1 is 1.33 bits per heavy atom. The first kappa shape index (κ1) is 13.1. The van der Waals surface area contributed by atoms with Crippen LogP contribution in [0.1, 0.15) is 17.1 Å². The maximum atomic E-state index is 12.2. The molecule has 2 heterocycles. The molecule has 2 aromatic rings. The molecular weight excluding hydrogens is 263 g/mol. The van der Waals surface area contributed by atoms with Gasteiger partial charge in [0.2, 0.25) is 0 Å². The van der Waals surface area contributed by atoms with Gasteiger partial charge in [0, 0.05) is 18.3 Å². The van der Waals surface area contributed by atoms with Gasteiger partial charge >= 0.3 is 6.18 Å². The van der Waals surface area contributed by atoms with Crippen LogP contribution in [0, 0.1) is 6.92 Å². The summed E-state index contributed by atoms with van der Waals surface area (Å²) in [6.07, 6.45) is -5.26. The van der Waals surface area contributed by atoms with Gasteiger partial charge in [-0.15, -0.1) is 11.3 Å². The van der Waals surface area contributed by atoms with Crippen molar-refractivity contribution in [2.75, 3.05) is 12.4 Å². The zero-order valence-corrected chi connectivity index (χ0v) is 10.7. The SMILES string of the molecule is CNc1nc(CCC(F)(F)F)nc2sc(C)cc12. The summed E-state index contributed by atoms with van der Waals surface area (Å²) >= 11 is 1.46. The topological polar surface area (TPSA) is 37.8 Å². The minimum atomic E-state index is -4.18. The standard InChI is InChI=1S/C11H12F3N3S/c1-6-5-7-9(15-2)16-8(17-10(7)18-6)3-4-11(12,13)14/h5H,3-4H2,1-2H3,(H,15,16,17). The fourth-order valence-corrected chi connectivity index (χ4v) is 2.54. The molecule has 0 atom stereocenters. The summed E-state index contributed by atoms with van der Waals surface area (Å²) in [6.45, 7) is 1.93. The number of thiophene rings is 1. The lowest BCUT2D eigenvalue weighted by Gasteiger charge is -2.07. The van der Waals surface area contributed by atoms with Crippen LogP contribution < -0.4 is 5.32 Å². The van der Waals surface area contributed by atoms with E-state index in [1.165, 1.54) is 11.3 Å². The molecule has 0 aromatic carbocycles. The fourth-order valence-electron chi connectivity index (χ4n) is 1.64. The average molecular weight is 275 g/mol. The molecule has 2 aromatic heterocycles. The number of nitrogens with zero attached hydrogens (tertiary/aromatic N) is 2. The van der Waals surface area contributed by atoms with Crippen LogP contribution in [0.3, 0.4) is 0 Å². The Morgan fingerprint density at radius 3 is 2.67 bits per heavy atom. The zero-order valence-electron chi connectivity index (χ0n) is 9.93. The number of aryl methyl sites for hydroxylation is 2. The van der Waals surface area contributed by atoms with E-state index in [0.717, 1.165) is 15.1 Å². The molecule has 1 N–H and O–H groups in total. The van der Waals surface area contributed by atoms with Crippen molar-refractivity contribution < 1.29 is 13.2 Å². The highest BCUT2D eigenvalue weighted by atomic mass is 32.1. The lowest BCUT2D eigenvalue weighted by molar-refractivity contribution is -0.134. The third-order valence-corrected chi connectivity index (χ3v) is 3.38. The van der Waals surface area contributed by atoms with E-state index in [1.54, 1.807) is 7.05 Å². The molecule has 7 heteroatoms. The smallest absolute Gasteiger partial charge is 0.372 e. The lowest BCUT2D eigenvalue weighted by atomic mass is 10.2. The molecule has 0 aliphatic heterocycles. The summed E-state index contributed by atoms with van der Waals surface area (Å²) in [6, 6.07) is 1.93. The predicted molar refractivity (Wildman–Crippen MR) is 66.1 cm³/mol. The van der Waals surface area contributed by atoms with Gasteiger partial charge in [0.05, 0.1) is 11.8 Å². The number of hydrogen-bond donors (Lipinski definition) is 1. The van der Waals surface area contributed by atoms with Crippen LogP contribution in [-0.2, 0) is 6.42 Å². The molecule has 0 fully saturated rings. The minimum absolute atomic E-state index is 0.189. The molecular formula is C11H12F3N3S. The molecule has 0 unspecified atom stereocenters. The maximum absolute atomic E-state index is 12.2. The van der Waals surface area contributed by atoms with Crippen LogP contribution in [0.15, 0.2) is 6.07 Å². The monoisotopic (exact) mass is 275 g/mol. The van der Waals surface area contributed by atoms with E-state index >= 15 is 0 Å². The Hall–Kier alpha value is -1.37. The number of hydrogen-bond acceptors (Lipinski definition) is 4. The molecule has 0 aliphatic carbocycles. The van der Waals surface area contributed by atoms with Crippen LogP contribution in [0.25, 0.3) is 10.2 Å². The van der Waals surface area contributed by atoms with E-state index in [9.17, 15) is 13.2 Å². The second-order valence-electron chi connectivity index (χ2n) is 3.93. The zero-order chi connectivity index (χ0) is 13.3. The van der Waals surface area contributed by atoms with E-state index in [4.69, 9.17) is 0 Å². The van der Waals surface area contributed by atoms with E-state index in [2.05, 4.69) is 15.3 Å². The average Bonchev–Trinajstić information content (AvgIpc) is 2.64. The number of anilines is 1. The number of nitrogens with one attached hydrogen (secondary N) is 1. The van der Waals surface area contributed by atoms with Gasteiger partial charge in [0.25, 0.3) is 0 Å². The fraction of sp³-hybridized carbons (Fsp3) is 0.455. The minimum Gasteiger partial charge on any atom is -0.372 e. The van der Waals surface area contributed by atoms with Crippen molar-refractivity contribution in [1.29, 1.82) is 0 Å². The highest BCUT2D eigenvalue weighted by Gasteiger charge is 2.27. The Bertz CT molecular complexity index is 562. The number of halogens is 3. The lowest BCUT2D eigenvalue weighted by Crippen LogP contribution is -2.10. The molecule has 2 rings (SSSR count). The van der Waals surface area contributed by atoms with Crippen LogP contribution in [0.4, 0.5) is 19.0 Å². The van der Waals surface area contributed by atoms with Crippen molar-refractivity contribution in [3.63, 3.8) is 0 Å². The van der Waals surface area contributed by atoms with E-state index < -0.39 is 12.6 Å². The quantitative estimate of drug-likeness (QED) is 0.931. The van der Waals surface area contributed by atoms with Crippen molar-refractivity contribution in [2.45, 2.75) is 25.9 Å². The number of fused-ring (bicyclic) bond motifs is 1. The van der Waals surface area contributed by atoms with E-state index in [-0.39, 0.29) is 12.2 Å². The van der Waals surface area contributed by atoms with Crippen LogP contribution >= 0.6 is 11.3 Å². The second kappa shape index (κ2) is 4.72. The maximum Gasteiger partial charge on any atom is 0.389 e. The molecule has 18 heavy (non-hydrogen) atoms. The number of rotatable bonds is 3. The second-order valence-corrected chi connectivity index (χ2v) is 5.16. The summed E-state index contributed by atoms with van der Waals surface area (Å²) < 4.78 is 36.5. The third-order valence-electron chi connectivity index (χ3n) is 2.43. The molecule has 98 valence electrons. The highest BCUT2D eigenvalue weighted by Crippen LogP contribution is 2.29. The summed E-state index contributed by atoms with van der Waals surface area (Å²) in [5, 5.41) is 3.75. The molecule has 0 bridgehead atoms. The van der Waals surface area contributed by atoms with E-state index in [0.29, 0.717) is 5.82 Å². The van der Waals surface area contributed by atoms with Gasteiger partial charge < -0.3 is 5.32 Å². The van der Waals surface area contributed by atoms with Gasteiger partial charge in [-0.3, -0.25) is 0 Å². The first-order chi connectivity index (χ1) is 8.39. The first-order valence-electron chi connectivity index (χ1n) is 5.40. The Labute approximate surface area is 106 Å². The Kier molecular flexibility index (Phi) is 3.43. The van der Waals surface area contributed by atoms with Crippen LogP contribution in [-0.4, -0.2) is 23.2 Å². The third kappa shape index (κ3) is 2.90. The molecule has 0 spiro atoms. The largest absolute Gasteiger partial charge is 0.389 e. The number of alkyl halides is 3. The van der Waals surface area contributed by atoms with Crippen LogP contribution in [0.5, 0.6) is 0 Å². The van der Waals surface area contributed by atoms with Crippen molar-refractivity contribution in [2.24, 2.45) is 0 Å². The molecule has 0 radical (unpaired) electrons. The molecule has 0 aliphatic rings. The van der Waals surface area contributed by atoms with Crippen molar-refractivity contribution in [1.82, 2.24) is 9.97 Å². The summed E-state index contributed by atoms with van der Waals surface area (Å²) in [7, 11) is 1.70. The normalized spacial score (nSPS) is 12.1. The summed E-state index contributed by atoms with van der Waals surface area (Å²) in [5.74, 6) is 0.813. The van der Waals surface area contributed by atoms with Crippen LogP contribution in [0.2, 0.25) is 0 Å². The molecule has 3 nitrogen and oxygen atoms in total. The molecule has 0 amide bonds. The first-order valence-corrected chi connectivity index (χ1v) is 6.22. The summed E-state index contributed by atoms with van der Waals surface area (Å²) in [5.41, 5.74) is 0. The van der Waals surface area contributed by atoms with Crippen molar-refractivity contribution in [3.8, 4) is 0 Å². The summed E-state index contributed by atoms with van der Waals surface area (Å²) in [4.78, 5) is 10.1. The van der Waals surface area contributed by atoms with Crippen molar-refractivity contribution >= 4 is 27.4 Å². The van der Waals surface area contributed by atoms with Gasteiger partial charge in [-0.1, -0.05) is 0 Å². The number of aromatic nitrogens is 2. The van der Waals surface area contributed by atoms with Gasteiger partial charge in [0.1, 0.15) is 16.5 Å².